The van der Waals surface area contributed by atoms with Gasteiger partial charge in [-0.15, -0.1) is 6.42 Å². The lowest BCUT2D eigenvalue weighted by Crippen LogP contribution is -2.21. The summed E-state index contributed by atoms with van der Waals surface area (Å²) in [7, 11) is 0. The van der Waals surface area contributed by atoms with Gasteiger partial charge in [-0.05, 0) is 19.3 Å². The summed E-state index contributed by atoms with van der Waals surface area (Å²) in [6.45, 7) is 1.70. The topological polar surface area (TPSA) is 20.2 Å². The van der Waals surface area contributed by atoms with Crippen molar-refractivity contribution in [1.82, 2.24) is 0 Å². The molecule has 1 rings (SSSR count). The second kappa shape index (κ2) is 2.04. The number of hydrogen-bond acceptors (Lipinski definition) is 1. The van der Waals surface area contributed by atoms with Crippen LogP contribution in [0.15, 0.2) is 0 Å². The molecule has 0 saturated heterocycles. The highest BCUT2D eigenvalue weighted by Gasteiger charge is 2.29. The van der Waals surface area contributed by atoms with E-state index in [0.717, 1.165) is 6.42 Å². The van der Waals surface area contributed by atoms with Crippen LogP contribution in [0, 0.1) is 18.3 Å². The van der Waals surface area contributed by atoms with Crippen LogP contribution in [0.3, 0.4) is 0 Å². The maximum Gasteiger partial charge on any atom is 0.122 e. The van der Waals surface area contributed by atoms with Crippen LogP contribution in [-0.4, -0.2) is 10.7 Å². The molecule has 1 aliphatic rings. The lowest BCUT2D eigenvalue weighted by molar-refractivity contribution is 0.106. The van der Waals surface area contributed by atoms with Crippen molar-refractivity contribution in [3.8, 4) is 12.3 Å². The van der Waals surface area contributed by atoms with Crippen molar-refractivity contribution < 1.29 is 5.11 Å². The van der Waals surface area contributed by atoms with Crippen LogP contribution in [0.25, 0.3) is 0 Å². The predicted molar refractivity (Wildman–Crippen MR) is 36.8 cm³/mol. The zero-order valence-electron chi connectivity index (χ0n) is 5.72. The van der Waals surface area contributed by atoms with Gasteiger partial charge >= 0.3 is 0 Å². The molecule has 0 bridgehead atoms. The van der Waals surface area contributed by atoms with E-state index in [0.29, 0.717) is 5.92 Å². The molecule has 0 spiro atoms. The first-order valence-corrected chi connectivity index (χ1v) is 3.34. The fraction of sp³-hybridized carbons (Fsp3) is 0.750. The predicted octanol–water partition coefficient (Wildman–Crippen LogP) is 1.17. The Morgan fingerprint density at radius 3 is 2.67 bits per heavy atom. The van der Waals surface area contributed by atoms with Crippen LogP contribution >= 0.6 is 0 Å². The highest BCUT2D eigenvalue weighted by Crippen LogP contribution is 2.36. The average Bonchev–Trinajstić information content (AvgIpc) is 2.50. The van der Waals surface area contributed by atoms with E-state index >= 15 is 0 Å². The number of hydrogen-bond donors (Lipinski definition) is 1. The van der Waals surface area contributed by atoms with E-state index in [1.165, 1.54) is 12.8 Å². The first kappa shape index (κ1) is 6.64. The summed E-state index contributed by atoms with van der Waals surface area (Å²) in [6.07, 6.45) is 8.36. The maximum absolute atomic E-state index is 9.30. The molecule has 0 aliphatic heterocycles. The molecule has 1 fully saturated rings. The van der Waals surface area contributed by atoms with Gasteiger partial charge in [0.2, 0.25) is 0 Å². The van der Waals surface area contributed by atoms with Gasteiger partial charge < -0.3 is 5.11 Å². The molecule has 1 unspecified atom stereocenters. The van der Waals surface area contributed by atoms with E-state index in [4.69, 9.17) is 6.42 Å². The minimum absolute atomic E-state index is 0.705. The molecule has 1 heteroatoms. The minimum atomic E-state index is -0.846. The normalized spacial score (nSPS) is 24.6. The third-order valence-electron chi connectivity index (χ3n) is 1.69. The standard InChI is InChI=1S/C8H12O/c1-3-8(2,9)6-7-4-5-7/h1,7,9H,4-6H2,2H3. The molecule has 0 aromatic carbocycles. The molecule has 1 aliphatic carbocycles. The summed E-state index contributed by atoms with van der Waals surface area (Å²) in [5.74, 6) is 3.07. The zero-order chi connectivity index (χ0) is 6.91. The van der Waals surface area contributed by atoms with Crippen LogP contribution in [0.4, 0.5) is 0 Å². The monoisotopic (exact) mass is 124 g/mol. The Labute approximate surface area is 56.1 Å². The van der Waals surface area contributed by atoms with E-state index in [2.05, 4.69) is 5.92 Å². The molecule has 0 aromatic rings. The van der Waals surface area contributed by atoms with Crippen LogP contribution in [-0.2, 0) is 0 Å². The van der Waals surface area contributed by atoms with Crippen molar-refractivity contribution in [1.29, 1.82) is 0 Å². The highest BCUT2D eigenvalue weighted by molar-refractivity contribution is 5.06. The molecule has 1 atom stereocenters. The summed E-state index contributed by atoms with van der Waals surface area (Å²) in [6, 6.07) is 0. The maximum atomic E-state index is 9.30. The molecule has 50 valence electrons. The van der Waals surface area contributed by atoms with E-state index < -0.39 is 5.60 Å². The van der Waals surface area contributed by atoms with Gasteiger partial charge in [0, 0.05) is 0 Å². The van der Waals surface area contributed by atoms with Crippen molar-refractivity contribution in [2.24, 2.45) is 5.92 Å². The molecule has 0 amide bonds. The second-order valence-electron chi connectivity index (χ2n) is 3.07. The van der Waals surface area contributed by atoms with Gasteiger partial charge in [-0.2, -0.15) is 0 Å². The first-order chi connectivity index (χ1) is 4.14. The third kappa shape index (κ3) is 2.07. The fourth-order valence-corrected chi connectivity index (χ4v) is 0.943. The van der Waals surface area contributed by atoms with Crippen LogP contribution < -0.4 is 0 Å². The van der Waals surface area contributed by atoms with Gasteiger partial charge in [0.15, 0.2) is 0 Å². The molecule has 1 saturated carbocycles. The Morgan fingerprint density at radius 1 is 1.78 bits per heavy atom. The number of terminal acetylenes is 1. The average molecular weight is 124 g/mol. The van der Waals surface area contributed by atoms with Gasteiger partial charge in [0.25, 0.3) is 0 Å². The van der Waals surface area contributed by atoms with Crippen LogP contribution in [0.2, 0.25) is 0 Å². The molecule has 0 heterocycles. The van der Waals surface area contributed by atoms with Gasteiger partial charge in [-0.3, -0.25) is 0 Å². The van der Waals surface area contributed by atoms with Gasteiger partial charge in [0.1, 0.15) is 5.60 Å². The minimum Gasteiger partial charge on any atom is -0.378 e. The van der Waals surface area contributed by atoms with E-state index in [1.807, 2.05) is 0 Å². The Bertz CT molecular complexity index is 137. The number of aliphatic hydroxyl groups is 1. The Morgan fingerprint density at radius 2 is 2.33 bits per heavy atom. The summed E-state index contributed by atoms with van der Waals surface area (Å²) >= 11 is 0. The summed E-state index contributed by atoms with van der Waals surface area (Å²) < 4.78 is 0. The molecule has 9 heavy (non-hydrogen) atoms. The highest BCUT2D eigenvalue weighted by atomic mass is 16.3. The number of rotatable bonds is 2. The van der Waals surface area contributed by atoms with Crippen LogP contribution in [0.1, 0.15) is 26.2 Å². The zero-order valence-corrected chi connectivity index (χ0v) is 5.72. The largest absolute Gasteiger partial charge is 0.378 e. The molecule has 0 radical (unpaired) electrons. The van der Waals surface area contributed by atoms with Gasteiger partial charge in [-0.25, -0.2) is 0 Å². The summed E-state index contributed by atoms with van der Waals surface area (Å²) in [4.78, 5) is 0. The summed E-state index contributed by atoms with van der Waals surface area (Å²) in [5.41, 5.74) is -0.846. The second-order valence-corrected chi connectivity index (χ2v) is 3.07. The molecular weight excluding hydrogens is 112 g/mol. The summed E-state index contributed by atoms with van der Waals surface area (Å²) in [5, 5.41) is 9.30. The quantitative estimate of drug-likeness (QED) is 0.548. The van der Waals surface area contributed by atoms with Crippen molar-refractivity contribution in [2.75, 3.05) is 0 Å². The molecular formula is C8H12O. The Kier molecular flexibility index (Phi) is 1.50. The van der Waals surface area contributed by atoms with E-state index in [-0.39, 0.29) is 0 Å². The van der Waals surface area contributed by atoms with Crippen molar-refractivity contribution >= 4 is 0 Å². The van der Waals surface area contributed by atoms with Gasteiger partial charge in [-0.1, -0.05) is 18.8 Å². The SMILES string of the molecule is C#CC(C)(O)CC1CC1. The Balaban J connectivity index is 2.32. The van der Waals surface area contributed by atoms with Crippen molar-refractivity contribution in [3.05, 3.63) is 0 Å². The van der Waals surface area contributed by atoms with Crippen LogP contribution in [0.5, 0.6) is 0 Å². The fourth-order valence-electron chi connectivity index (χ4n) is 0.943. The smallest absolute Gasteiger partial charge is 0.122 e. The van der Waals surface area contributed by atoms with E-state index in [9.17, 15) is 5.11 Å². The van der Waals surface area contributed by atoms with E-state index in [1.54, 1.807) is 6.92 Å². The first-order valence-electron chi connectivity index (χ1n) is 3.34. The third-order valence-corrected chi connectivity index (χ3v) is 1.69. The van der Waals surface area contributed by atoms with Gasteiger partial charge in [0.05, 0.1) is 0 Å². The lowest BCUT2D eigenvalue weighted by atomic mass is 10.0. The Hall–Kier alpha value is -0.480. The van der Waals surface area contributed by atoms with Crippen molar-refractivity contribution in [2.45, 2.75) is 31.8 Å². The lowest BCUT2D eigenvalue weighted by Gasteiger charge is -2.14. The van der Waals surface area contributed by atoms with Crippen molar-refractivity contribution in [3.63, 3.8) is 0 Å². The molecule has 1 N–H and O–H groups in total. The molecule has 1 nitrogen and oxygen atoms in total. The molecule has 0 aromatic heterocycles.